The first-order valence-corrected chi connectivity index (χ1v) is 7.08. The van der Waals surface area contributed by atoms with Crippen molar-refractivity contribution >= 4 is 17.7 Å². The standard InChI is InChI=1S/C17H14N2O5/c1-11(2)23-17(20)13(10-18)9-15-7-8-16(24-15)12-3-5-14(6-4-12)19(21)22/h3-9,11H,1-2H3/b13-9-. The van der Waals surface area contributed by atoms with Gasteiger partial charge in [-0.05, 0) is 38.1 Å². The van der Waals surface area contributed by atoms with Gasteiger partial charge in [-0.3, -0.25) is 10.1 Å². The van der Waals surface area contributed by atoms with E-state index in [0.717, 1.165) is 0 Å². The summed E-state index contributed by atoms with van der Waals surface area (Å²) in [7, 11) is 0. The summed E-state index contributed by atoms with van der Waals surface area (Å²) >= 11 is 0. The van der Waals surface area contributed by atoms with Crippen LogP contribution in [0.15, 0.2) is 46.4 Å². The fourth-order valence-corrected chi connectivity index (χ4v) is 1.89. The largest absolute Gasteiger partial charge is 0.459 e. The third-order valence-electron chi connectivity index (χ3n) is 2.96. The molecule has 0 aliphatic rings. The second-order valence-corrected chi connectivity index (χ2v) is 5.13. The van der Waals surface area contributed by atoms with Crippen LogP contribution in [0.4, 0.5) is 5.69 Å². The zero-order valence-corrected chi connectivity index (χ0v) is 13.1. The molecule has 122 valence electrons. The molecule has 0 unspecified atom stereocenters. The maximum Gasteiger partial charge on any atom is 0.349 e. The Balaban J connectivity index is 2.23. The van der Waals surface area contributed by atoms with Gasteiger partial charge in [0.05, 0.1) is 11.0 Å². The summed E-state index contributed by atoms with van der Waals surface area (Å²) in [5.74, 6) is 0.0482. The molecule has 0 amide bonds. The number of furan rings is 1. The Bertz CT molecular complexity index is 825. The predicted octanol–water partition coefficient (Wildman–Crippen LogP) is 3.71. The van der Waals surface area contributed by atoms with Gasteiger partial charge in [0.1, 0.15) is 23.2 Å². The lowest BCUT2D eigenvalue weighted by atomic mass is 10.1. The first-order chi connectivity index (χ1) is 11.4. The number of hydrogen-bond donors (Lipinski definition) is 0. The van der Waals surface area contributed by atoms with Gasteiger partial charge in [-0.15, -0.1) is 0 Å². The van der Waals surface area contributed by atoms with Crippen molar-refractivity contribution in [1.82, 2.24) is 0 Å². The summed E-state index contributed by atoms with van der Waals surface area (Å²) in [6.07, 6.45) is 0.959. The Hall–Kier alpha value is -3.40. The highest BCUT2D eigenvalue weighted by molar-refractivity contribution is 5.97. The summed E-state index contributed by atoms with van der Waals surface area (Å²) in [6, 6.07) is 10.9. The minimum absolute atomic E-state index is 0.0198. The number of carbonyl (C=O) groups excluding carboxylic acids is 1. The number of non-ortho nitro benzene ring substituents is 1. The number of nitriles is 1. The van der Waals surface area contributed by atoms with Gasteiger partial charge in [-0.1, -0.05) is 0 Å². The van der Waals surface area contributed by atoms with Gasteiger partial charge >= 0.3 is 5.97 Å². The lowest BCUT2D eigenvalue weighted by Crippen LogP contribution is -2.12. The highest BCUT2D eigenvalue weighted by atomic mass is 16.6. The zero-order chi connectivity index (χ0) is 17.7. The van der Waals surface area contributed by atoms with E-state index in [4.69, 9.17) is 14.4 Å². The molecule has 0 aliphatic heterocycles. The number of esters is 1. The number of carbonyl (C=O) groups is 1. The maximum absolute atomic E-state index is 11.7. The van der Waals surface area contributed by atoms with Crippen LogP contribution in [0.5, 0.6) is 0 Å². The molecule has 0 bridgehead atoms. The molecule has 0 fully saturated rings. The Kier molecular flexibility index (Phi) is 5.12. The monoisotopic (exact) mass is 326 g/mol. The number of rotatable bonds is 5. The van der Waals surface area contributed by atoms with Crippen molar-refractivity contribution < 1.29 is 18.9 Å². The Morgan fingerprint density at radius 2 is 1.96 bits per heavy atom. The van der Waals surface area contributed by atoms with Crippen LogP contribution in [0, 0.1) is 21.4 Å². The molecule has 7 nitrogen and oxygen atoms in total. The van der Waals surface area contributed by atoms with E-state index < -0.39 is 10.9 Å². The van der Waals surface area contributed by atoms with Crippen molar-refractivity contribution in [1.29, 1.82) is 5.26 Å². The molecule has 1 aromatic heterocycles. The first-order valence-electron chi connectivity index (χ1n) is 7.08. The molecule has 2 aromatic rings. The number of nitro groups is 1. The lowest BCUT2D eigenvalue weighted by Gasteiger charge is -2.05. The van der Waals surface area contributed by atoms with Gasteiger partial charge in [0, 0.05) is 23.8 Å². The van der Waals surface area contributed by atoms with Crippen LogP contribution in [0.1, 0.15) is 19.6 Å². The average molecular weight is 326 g/mol. The lowest BCUT2D eigenvalue weighted by molar-refractivity contribution is -0.384. The third kappa shape index (κ3) is 4.08. The Labute approximate surface area is 137 Å². The van der Waals surface area contributed by atoms with E-state index in [9.17, 15) is 14.9 Å². The third-order valence-corrected chi connectivity index (χ3v) is 2.96. The fraction of sp³-hybridized carbons (Fsp3) is 0.176. The molecule has 1 aromatic carbocycles. The van der Waals surface area contributed by atoms with E-state index in [2.05, 4.69) is 0 Å². The van der Waals surface area contributed by atoms with E-state index in [0.29, 0.717) is 17.1 Å². The summed E-state index contributed by atoms with van der Waals surface area (Å²) < 4.78 is 10.5. The van der Waals surface area contributed by atoms with Gasteiger partial charge in [-0.2, -0.15) is 5.26 Å². The molecule has 0 N–H and O–H groups in total. The second-order valence-electron chi connectivity index (χ2n) is 5.13. The fourth-order valence-electron chi connectivity index (χ4n) is 1.89. The average Bonchev–Trinajstić information content (AvgIpc) is 3.00. The van der Waals surface area contributed by atoms with Crippen molar-refractivity contribution in [3.63, 3.8) is 0 Å². The minimum atomic E-state index is -0.721. The van der Waals surface area contributed by atoms with Crippen LogP contribution in [0.25, 0.3) is 17.4 Å². The van der Waals surface area contributed by atoms with Crippen LogP contribution in [0.3, 0.4) is 0 Å². The first kappa shape index (κ1) is 17.0. The molecule has 2 rings (SSSR count). The van der Waals surface area contributed by atoms with Crippen molar-refractivity contribution in [3.8, 4) is 17.4 Å². The quantitative estimate of drug-likeness (QED) is 0.272. The van der Waals surface area contributed by atoms with Crippen LogP contribution >= 0.6 is 0 Å². The number of nitrogens with zero attached hydrogens (tertiary/aromatic N) is 2. The van der Waals surface area contributed by atoms with Gasteiger partial charge in [0.25, 0.3) is 5.69 Å². The van der Waals surface area contributed by atoms with Gasteiger partial charge in [-0.25, -0.2) is 4.79 Å². The molecule has 0 atom stereocenters. The number of hydrogen-bond acceptors (Lipinski definition) is 6. The molecular formula is C17H14N2O5. The van der Waals surface area contributed by atoms with Crippen LogP contribution < -0.4 is 0 Å². The van der Waals surface area contributed by atoms with Crippen molar-refractivity contribution in [3.05, 3.63) is 57.8 Å². The number of benzene rings is 1. The minimum Gasteiger partial charge on any atom is -0.459 e. The van der Waals surface area contributed by atoms with Gasteiger partial charge in [0.15, 0.2) is 0 Å². The Morgan fingerprint density at radius 1 is 1.29 bits per heavy atom. The summed E-state index contributed by atoms with van der Waals surface area (Å²) in [5.41, 5.74) is 0.449. The van der Waals surface area contributed by atoms with Gasteiger partial charge in [0.2, 0.25) is 0 Å². The van der Waals surface area contributed by atoms with E-state index in [1.165, 1.54) is 18.2 Å². The maximum atomic E-state index is 11.7. The molecule has 7 heteroatoms. The topological polar surface area (TPSA) is 106 Å². The molecule has 0 saturated heterocycles. The zero-order valence-electron chi connectivity index (χ0n) is 13.1. The predicted molar refractivity (Wildman–Crippen MR) is 85.6 cm³/mol. The molecule has 24 heavy (non-hydrogen) atoms. The second kappa shape index (κ2) is 7.24. The number of ether oxygens (including phenoxy) is 1. The summed E-state index contributed by atoms with van der Waals surface area (Å²) in [5, 5.41) is 19.7. The summed E-state index contributed by atoms with van der Waals surface area (Å²) in [6.45, 7) is 3.37. The van der Waals surface area contributed by atoms with E-state index in [1.54, 1.807) is 44.2 Å². The SMILES string of the molecule is CC(C)OC(=O)/C(C#N)=C\c1ccc(-c2ccc([N+](=O)[O-])cc2)o1. The van der Waals surface area contributed by atoms with Crippen LogP contribution in [0.2, 0.25) is 0 Å². The normalized spacial score (nSPS) is 11.2. The van der Waals surface area contributed by atoms with Crippen molar-refractivity contribution in [2.24, 2.45) is 0 Å². The van der Waals surface area contributed by atoms with Crippen LogP contribution in [-0.4, -0.2) is 17.0 Å². The highest BCUT2D eigenvalue weighted by Crippen LogP contribution is 2.25. The van der Waals surface area contributed by atoms with Gasteiger partial charge < -0.3 is 9.15 Å². The molecular weight excluding hydrogens is 312 g/mol. The number of nitro benzene ring substituents is 1. The summed E-state index contributed by atoms with van der Waals surface area (Å²) in [4.78, 5) is 21.9. The van der Waals surface area contributed by atoms with E-state index in [-0.39, 0.29) is 17.4 Å². The van der Waals surface area contributed by atoms with Crippen molar-refractivity contribution in [2.45, 2.75) is 20.0 Å². The molecule has 0 spiro atoms. The molecule has 1 heterocycles. The molecule has 0 saturated carbocycles. The highest BCUT2D eigenvalue weighted by Gasteiger charge is 2.14. The van der Waals surface area contributed by atoms with Crippen LogP contribution in [-0.2, 0) is 9.53 Å². The molecule has 0 radical (unpaired) electrons. The Morgan fingerprint density at radius 3 is 2.50 bits per heavy atom. The van der Waals surface area contributed by atoms with Crippen molar-refractivity contribution in [2.75, 3.05) is 0 Å². The van der Waals surface area contributed by atoms with E-state index >= 15 is 0 Å². The van der Waals surface area contributed by atoms with E-state index in [1.807, 2.05) is 0 Å². The smallest absolute Gasteiger partial charge is 0.349 e. The molecule has 0 aliphatic carbocycles.